The third-order valence-corrected chi connectivity index (χ3v) is 5.56. The van der Waals surface area contributed by atoms with E-state index >= 15 is 0 Å². The fourth-order valence-electron chi connectivity index (χ4n) is 3.70. The average molecular weight is 420 g/mol. The Morgan fingerprint density at radius 1 is 1.03 bits per heavy atom. The summed E-state index contributed by atoms with van der Waals surface area (Å²) in [4.78, 5) is 21.7. The van der Waals surface area contributed by atoms with Crippen molar-refractivity contribution in [2.24, 2.45) is 0 Å². The number of hydrogen-bond acceptors (Lipinski definition) is 5. The molecular weight excluding hydrogens is 390 g/mol. The molecule has 7 nitrogen and oxygen atoms in total. The molecule has 1 unspecified atom stereocenters. The standard InChI is InChI=1S/C24H29N5O2/c1-28-12-14-29(15-13-28)18-21(19-8-4-2-5-9-19)27-24(30)26-17-23-25-16-22(31-23)20-10-6-3-7-11-20/h2-11,16,21H,12-15,17-18H2,1H3,(H2,26,27,30). The number of nitrogens with one attached hydrogen (secondary N) is 2. The minimum Gasteiger partial charge on any atom is -0.439 e. The largest absolute Gasteiger partial charge is 0.439 e. The van der Waals surface area contributed by atoms with E-state index in [-0.39, 0.29) is 18.6 Å². The van der Waals surface area contributed by atoms with E-state index in [0.29, 0.717) is 11.7 Å². The van der Waals surface area contributed by atoms with Crippen LogP contribution in [0.4, 0.5) is 4.79 Å². The molecule has 162 valence electrons. The number of piperazine rings is 1. The minimum atomic E-state index is -0.234. The van der Waals surface area contributed by atoms with E-state index in [0.717, 1.165) is 43.9 Å². The molecule has 0 radical (unpaired) electrons. The van der Waals surface area contributed by atoms with E-state index in [1.165, 1.54) is 0 Å². The van der Waals surface area contributed by atoms with E-state index in [9.17, 15) is 4.79 Å². The van der Waals surface area contributed by atoms with Crippen molar-refractivity contribution >= 4 is 6.03 Å². The SMILES string of the molecule is CN1CCN(CC(NC(=O)NCc2ncc(-c3ccccc3)o2)c2ccccc2)CC1. The van der Waals surface area contributed by atoms with Gasteiger partial charge in [0.15, 0.2) is 5.76 Å². The van der Waals surface area contributed by atoms with Crippen LogP contribution >= 0.6 is 0 Å². The Balaban J connectivity index is 1.34. The minimum absolute atomic E-state index is 0.0888. The molecule has 1 aliphatic rings. The first-order chi connectivity index (χ1) is 15.2. The Bertz CT molecular complexity index is 952. The van der Waals surface area contributed by atoms with Crippen LogP contribution in [0.3, 0.4) is 0 Å². The molecule has 0 saturated carbocycles. The number of carbonyl (C=O) groups excluding carboxylic acids is 1. The summed E-state index contributed by atoms with van der Waals surface area (Å²) < 4.78 is 5.77. The molecule has 2 amide bonds. The van der Waals surface area contributed by atoms with Gasteiger partial charge < -0.3 is 20.0 Å². The number of rotatable bonds is 7. The maximum absolute atomic E-state index is 12.7. The topological polar surface area (TPSA) is 73.6 Å². The smallest absolute Gasteiger partial charge is 0.315 e. The van der Waals surface area contributed by atoms with Crippen LogP contribution in [0.1, 0.15) is 17.5 Å². The van der Waals surface area contributed by atoms with Crippen LogP contribution in [-0.2, 0) is 6.54 Å². The Morgan fingerprint density at radius 3 is 2.42 bits per heavy atom. The lowest BCUT2D eigenvalue weighted by atomic mass is 10.1. The molecule has 1 aliphatic heterocycles. The second-order valence-corrected chi connectivity index (χ2v) is 7.88. The van der Waals surface area contributed by atoms with Crippen molar-refractivity contribution in [3.63, 3.8) is 0 Å². The number of carbonyl (C=O) groups is 1. The van der Waals surface area contributed by atoms with Gasteiger partial charge in [-0.25, -0.2) is 9.78 Å². The number of oxazole rings is 1. The summed E-state index contributed by atoms with van der Waals surface area (Å²) in [6.07, 6.45) is 1.68. The van der Waals surface area contributed by atoms with Gasteiger partial charge in [-0.05, 0) is 12.6 Å². The molecule has 31 heavy (non-hydrogen) atoms. The van der Waals surface area contributed by atoms with Gasteiger partial charge in [0.1, 0.15) is 0 Å². The van der Waals surface area contributed by atoms with Gasteiger partial charge in [0.25, 0.3) is 0 Å². The number of likely N-dealkylation sites (N-methyl/N-ethyl adjacent to an activating group) is 1. The number of amides is 2. The number of hydrogen-bond donors (Lipinski definition) is 2. The van der Waals surface area contributed by atoms with Gasteiger partial charge >= 0.3 is 6.03 Å². The van der Waals surface area contributed by atoms with Gasteiger partial charge in [0, 0.05) is 38.3 Å². The Hall–Kier alpha value is -3.16. The Morgan fingerprint density at radius 2 is 1.71 bits per heavy atom. The van der Waals surface area contributed by atoms with E-state index in [1.54, 1.807) is 6.20 Å². The molecular formula is C24H29N5O2. The van der Waals surface area contributed by atoms with Gasteiger partial charge in [0.05, 0.1) is 18.8 Å². The second kappa shape index (κ2) is 10.2. The molecule has 0 spiro atoms. The predicted octanol–water partition coefficient (Wildman–Crippen LogP) is 3.13. The quantitative estimate of drug-likeness (QED) is 0.616. The highest BCUT2D eigenvalue weighted by molar-refractivity contribution is 5.74. The second-order valence-electron chi connectivity index (χ2n) is 7.88. The highest BCUT2D eigenvalue weighted by atomic mass is 16.4. The van der Waals surface area contributed by atoms with Crippen LogP contribution in [0.5, 0.6) is 0 Å². The van der Waals surface area contributed by atoms with Crippen molar-refractivity contribution in [3.8, 4) is 11.3 Å². The summed E-state index contributed by atoms with van der Waals surface area (Å²) in [5.74, 6) is 1.17. The molecule has 1 aromatic heterocycles. The predicted molar refractivity (Wildman–Crippen MR) is 120 cm³/mol. The van der Waals surface area contributed by atoms with Gasteiger partial charge in [-0.15, -0.1) is 0 Å². The monoisotopic (exact) mass is 419 g/mol. The molecule has 0 bridgehead atoms. The molecule has 1 atom stereocenters. The summed E-state index contributed by atoms with van der Waals surface area (Å²) in [5, 5.41) is 6.00. The van der Waals surface area contributed by atoms with E-state index in [1.807, 2.05) is 48.5 Å². The highest BCUT2D eigenvalue weighted by Gasteiger charge is 2.21. The van der Waals surface area contributed by atoms with Crippen LogP contribution < -0.4 is 10.6 Å². The van der Waals surface area contributed by atoms with Crippen molar-refractivity contribution in [3.05, 3.63) is 78.3 Å². The Kier molecular flexibility index (Phi) is 6.96. The zero-order valence-electron chi connectivity index (χ0n) is 17.8. The van der Waals surface area contributed by atoms with Crippen molar-refractivity contribution < 1.29 is 9.21 Å². The summed E-state index contributed by atoms with van der Waals surface area (Å²) in [6, 6.07) is 19.6. The Labute approximate surface area is 183 Å². The lowest BCUT2D eigenvalue weighted by molar-refractivity contribution is 0.142. The van der Waals surface area contributed by atoms with Gasteiger partial charge in [0.2, 0.25) is 5.89 Å². The van der Waals surface area contributed by atoms with E-state index < -0.39 is 0 Å². The molecule has 7 heteroatoms. The van der Waals surface area contributed by atoms with Crippen LogP contribution in [0, 0.1) is 0 Å². The number of benzene rings is 2. The third-order valence-electron chi connectivity index (χ3n) is 5.56. The molecule has 0 aliphatic carbocycles. The molecule has 1 fully saturated rings. The van der Waals surface area contributed by atoms with Crippen LogP contribution in [0.15, 0.2) is 71.3 Å². The lowest BCUT2D eigenvalue weighted by Gasteiger charge is -2.35. The molecule has 2 N–H and O–H groups in total. The summed E-state index contributed by atoms with van der Waals surface area (Å²) in [7, 11) is 2.14. The van der Waals surface area contributed by atoms with Gasteiger partial charge in [-0.2, -0.15) is 0 Å². The van der Waals surface area contributed by atoms with Gasteiger partial charge in [-0.3, -0.25) is 4.90 Å². The highest BCUT2D eigenvalue weighted by Crippen LogP contribution is 2.20. The maximum atomic E-state index is 12.7. The van der Waals surface area contributed by atoms with Crippen molar-refractivity contribution in [1.82, 2.24) is 25.4 Å². The summed E-state index contributed by atoms with van der Waals surface area (Å²) in [5.41, 5.74) is 2.06. The zero-order valence-corrected chi connectivity index (χ0v) is 17.8. The first-order valence-corrected chi connectivity index (χ1v) is 10.7. The third kappa shape index (κ3) is 5.93. The van der Waals surface area contributed by atoms with Crippen molar-refractivity contribution in [2.75, 3.05) is 39.8 Å². The summed E-state index contributed by atoms with van der Waals surface area (Å²) >= 11 is 0. The van der Waals surface area contributed by atoms with Crippen molar-refractivity contribution in [2.45, 2.75) is 12.6 Å². The summed E-state index contributed by atoms with van der Waals surface area (Å²) in [6.45, 7) is 5.10. The number of nitrogens with zero attached hydrogens (tertiary/aromatic N) is 3. The number of urea groups is 1. The maximum Gasteiger partial charge on any atom is 0.315 e. The normalized spacial score (nSPS) is 16.0. The van der Waals surface area contributed by atoms with Crippen molar-refractivity contribution in [1.29, 1.82) is 0 Å². The first kappa shape index (κ1) is 21.1. The fraction of sp³-hybridized carbons (Fsp3) is 0.333. The molecule has 1 saturated heterocycles. The number of aromatic nitrogens is 1. The molecule has 4 rings (SSSR count). The molecule has 3 aromatic rings. The molecule has 2 aromatic carbocycles. The average Bonchev–Trinajstić information content (AvgIpc) is 3.29. The zero-order chi connectivity index (χ0) is 21.5. The van der Waals surface area contributed by atoms with Crippen LogP contribution in [0.2, 0.25) is 0 Å². The fourth-order valence-corrected chi connectivity index (χ4v) is 3.70. The lowest BCUT2D eigenvalue weighted by Crippen LogP contribution is -2.48. The van der Waals surface area contributed by atoms with Crippen LogP contribution in [0.25, 0.3) is 11.3 Å². The van der Waals surface area contributed by atoms with Gasteiger partial charge in [-0.1, -0.05) is 60.7 Å². The van der Waals surface area contributed by atoms with E-state index in [4.69, 9.17) is 4.42 Å². The molecule has 2 heterocycles. The van der Waals surface area contributed by atoms with E-state index in [2.05, 4.69) is 44.6 Å². The van der Waals surface area contributed by atoms with Crippen LogP contribution in [-0.4, -0.2) is 60.6 Å². The first-order valence-electron chi connectivity index (χ1n) is 10.7.